The van der Waals surface area contributed by atoms with Crippen LogP contribution in [0.3, 0.4) is 0 Å². The van der Waals surface area contributed by atoms with Crippen LogP contribution < -0.4 is 0 Å². The molecule has 4 nitrogen and oxygen atoms in total. The molecule has 0 spiro atoms. The number of carbonyl (C=O) groups excluding carboxylic acids is 2. The maximum atomic E-state index is 12.3. The van der Waals surface area contributed by atoms with Crippen molar-refractivity contribution in [2.24, 2.45) is 0 Å². The fourth-order valence-electron chi connectivity index (χ4n) is 3.05. The van der Waals surface area contributed by atoms with Crippen LogP contribution in [0.2, 0.25) is 0 Å². The molecule has 0 radical (unpaired) electrons. The van der Waals surface area contributed by atoms with Crippen LogP contribution in [0.1, 0.15) is 37.9 Å². The molecule has 4 aromatic carbocycles. The first kappa shape index (κ1) is 26.4. The molecule has 0 aliphatic rings. The monoisotopic (exact) mass is 454 g/mol. The zero-order valence-corrected chi connectivity index (χ0v) is 19.5. The molecule has 1 unspecified atom stereocenters. The molecule has 0 aliphatic heterocycles. The zero-order valence-electron chi connectivity index (χ0n) is 19.5. The van der Waals surface area contributed by atoms with Crippen molar-refractivity contribution in [2.45, 2.75) is 12.7 Å². The van der Waals surface area contributed by atoms with Crippen molar-refractivity contribution in [1.82, 2.24) is 0 Å². The van der Waals surface area contributed by atoms with Gasteiger partial charge < -0.3 is 9.47 Å². The van der Waals surface area contributed by atoms with Crippen LogP contribution >= 0.6 is 0 Å². The van der Waals surface area contributed by atoms with Gasteiger partial charge in [0.1, 0.15) is 12.4 Å². The summed E-state index contributed by atoms with van der Waals surface area (Å²) in [6, 6.07) is 37.9. The lowest BCUT2D eigenvalue weighted by Crippen LogP contribution is -2.14. The highest BCUT2D eigenvalue weighted by Gasteiger charge is 2.20. The van der Waals surface area contributed by atoms with Crippen LogP contribution in [0.25, 0.3) is 0 Å². The van der Waals surface area contributed by atoms with Gasteiger partial charge in [0, 0.05) is 25.3 Å². The summed E-state index contributed by atoms with van der Waals surface area (Å²) in [6.07, 6.45) is 0.304. The van der Waals surface area contributed by atoms with Gasteiger partial charge in [-0.2, -0.15) is 0 Å². The predicted molar refractivity (Wildman–Crippen MR) is 136 cm³/mol. The van der Waals surface area contributed by atoms with Crippen LogP contribution in [0, 0.1) is 0 Å². The second-order valence-corrected chi connectivity index (χ2v) is 7.20. The largest absolute Gasteiger partial charge is 0.380 e. The molecular formula is C30H30O4. The summed E-state index contributed by atoms with van der Waals surface area (Å²) in [5.74, 6) is -0.0145. The Morgan fingerprint density at radius 2 is 1.18 bits per heavy atom. The van der Waals surface area contributed by atoms with Crippen molar-refractivity contribution in [1.29, 1.82) is 0 Å². The van der Waals surface area contributed by atoms with Crippen LogP contribution in [0.4, 0.5) is 0 Å². The Bertz CT molecular complexity index is 1070. The smallest absolute Gasteiger partial charge is 0.196 e. The van der Waals surface area contributed by atoms with E-state index < -0.39 is 6.10 Å². The normalized spacial score (nSPS) is 10.5. The van der Waals surface area contributed by atoms with E-state index in [0.717, 1.165) is 17.4 Å². The van der Waals surface area contributed by atoms with Crippen molar-refractivity contribution in [2.75, 3.05) is 14.2 Å². The number of methoxy groups -OCH3 is 2. The standard InChI is InChI=1S/C15H14O2.C8H10O.C7H6O/c1-17-15(13-10-6-3-7-11-13)14(16)12-8-4-2-5-9-12;1-9-7-8-5-3-2-4-6-8;8-6-7-4-2-1-3-5-7/h2-11,15H,1H3;2-6H,7H2,1H3;1-6H. The van der Waals surface area contributed by atoms with Crippen LogP contribution in [0.15, 0.2) is 121 Å². The van der Waals surface area contributed by atoms with Crippen LogP contribution in [-0.4, -0.2) is 26.3 Å². The van der Waals surface area contributed by atoms with E-state index in [2.05, 4.69) is 0 Å². The number of benzene rings is 4. The van der Waals surface area contributed by atoms with Gasteiger partial charge in [0.15, 0.2) is 5.78 Å². The van der Waals surface area contributed by atoms with Gasteiger partial charge in [-0.1, -0.05) is 121 Å². The average Bonchev–Trinajstić information content (AvgIpc) is 2.92. The van der Waals surface area contributed by atoms with Gasteiger partial charge in [0.05, 0.1) is 6.61 Å². The number of Topliss-reactive ketones (excluding diaryl/α,β-unsaturated/α-hetero) is 1. The van der Waals surface area contributed by atoms with E-state index in [1.165, 1.54) is 5.56 Å². The summed E-state index contributed by atoms with van der Waals surface area (Å²) in [7, 11) is 3.26. The third-order valence-corrected chi connectivity index (χ3v) is 4.72. The number of carbonyl (C=O) groups is 2. The molecule has 0 fully saturated rings. The van der Waals surface area contributed by atoms with Crippen LogP contribution in [-0.2, 0) is 16.1 Å². The third kappa shape index (κ3) is 9.33. The minimum Gasteiger partial charge on any atom is -0.380 e. The first-order valence-corrected chi connectivity index (χ1v) is 10.9. The first-order valence-electron chi connectivity index (χ1n) is 10.9. The zero-order chi connectivity index (χ0) is 24.4. The van der Waals surface area contributed by atoms with Gasteiger partial charge >= 0.3 is 0 Å². The fraction of sp³-hybridized carbons (Fsp3) is 0.133. The van der Waals surface area contributed by atoms with Crippen molar-refractivity contribution in [3.05, 3.63) is 144 Å². The molecule has 1 atom stereocenters. The molecule has 0 N–H and O–H groups in total. The molecule has 0 aromatic heterocycles. The van der Waals surface area contributed by atoms with Crippen LogP contribution in [0.5, 0.6) is 0 Å². The Balaban J connectivity index is 0.000000201. The number of ether oxygens (including phenoxy) is 2. The molecule has 4 aromatic rings. The lowest BCUT2D eigenvalue weighted by Gasteiger charge is -2.14. The van der Waals surface area contributed by atoms with Crippen molar-refractivity contribution in [3.8, 4) is 0 Å². The summed E-state index contributed by atoms with van der Waals surface area (Å²) in [4.78, 5) is 22.3. The molecule has 0 saturated carbocycles. The summed E-state index contributed by atoms with van der Waals surface area (Å²) in [6.45, 7) is 0.709. The van der Waals surface area contributed by atoms with Crippen molar-refractivity contribution >= 4 is 12.1 Å². The van der Waals surface area contributed by atoms with E-state index in [1.54, 1.807) is 38.5 Å². The lowest BCUT2D eigenvalue weighted by atomic mass is 10.00. The molecule has 4 heteroatoms. The first-order chi connectivity index (χ1) is 16.7. The Hall–Kier alpha value is -3.86. The Morgan fingerprint density at radius 3 is 1.62 bits per heavy atom. The molecule has 0 amide bonds. The summed E-state index contributed by atoms with van der Waals surface area (Å²) in [5, 5.41) is 0. The number of rotatable bonds is 7. The molecule has 4 rings (SSSR count). The van der Waals surface area contributed by atoms with Gasteiger partial charge in [-0.3, -0.25) is 9.59 Å². The molecule has 0 saturated heterocycles. The molecule has 34 heavy (non-hydrogen) atoms. The van der Waals surface area contributed by atoms with Gasteiger partial charge in [-0.15, -0.1) is 0 Å². The number of hydrogen-bond acceptors (Lipinski definition) is 4. The summed E-state index contributed by atoms with van der Waals surface area (Å²) >= 11 is 0. The maximum absolute atomic E-state index is 12.3. The minimum absolute atomic E-state index is 0.0145. The molecule has 174 valence electrons. The molecular weight excluding hydrogens is 424 g/mol. The Labute approximate surface area is 201 Å². The number of hydrogen-bond donors (Lipinski definition) is 0. The maximum Gasteiger partial charge on any atom is 0.196 e. The SMILES string of the molecule is COC(C(=O)c1ccccc1)c1ccccc1.COCc1ccccc1.O=Cc1ccccc1. The van der Waals surface area contributed by atoms with E-state index in [1.807, 2.05) is 97.1 Å². The molecule has 0 heterocycles. The average molecular weight is 455 g/mol. The minimum atomic E-state index is -0.529. The van der Waals surface area contributed by atoms with Gasteiger partial charge in [-0.25, -0.2) is 0 Å². The highest BCUT2D eigenvalue weighted by molar-refractivity contribution is 6.00. The second kappa shape index (κ2) is 15.9. The van der Waals surface area contributed by atoms with Gasteiger partial charge in [0.25, 0.3) is 0 Å². The van der Waals surface area contributed by atoms with Crippen molar-refractivity contribution < 1.29 is 19.1 Å². The van der Waals surface area contributed by atoms with E-state index in [4.69, 9.17) is 9.47 Å². The highest BCUT2D eigenvalue weighted by Crippen LogP contribution is 2.21. The van der Waals surface area contributed by atoms with Crippen molar-refractivity contribution in [3.63, 3.8) is 0 Å². The Morgan fingerprint density at radius 1 is 0.706 bits per heavy atom. The Kier molecular flexibility index (Phi) is 12.3. The second-order valence-electron chi connectivity index (χ2n) is 7.20. The number of aldehydes is 1. The molecule has 0 bridgehead atoms. The van der Waals surface area contributed by atoms with Gasteiger partial charge in [0.2, 0.25) is 0 Å². The topological polar surface area (TPSA) is 52.6 Å². The third-order valence-electron chi connectivity index (χ3n) is 4.72. The van der Waals surface area contributed by atoms with E-state index in [-0.39, 0.29) is 5.78 Å². The quantitative estimate of drug-likeness (QED) is 0.233. The summed E-state index contributed by atoms with van der Waals surface area (Å²) in [5.41, 5.74) is 3.50. The van der Waals surface area contributed by atoms with E-state index >= 15 is 0 Å². The van der Waals surface area contributed by atoms with E-state index in [0.29, 0.717) is 12.2 Å². The highest BCUT2D eigenvalue weighted by atomic mass is 16.5. The fourth-order valence-corrected chi connectivity index (χ4v) is 3.05. The number of ketones is 1. The predicted octanol–water partition coefficient (Wildman–Crippen LogP) is 6.59. The van der Waals surface area contributed by atoms with E-state index in [9.17, 15) is 9.59 Å². The lowest BCUT2D eigenvalue weighted by molar-refractivity contribution is 0.0604. The summed E-state index contributed by atoms with van der Waals surface area (Å²) < 4.78 is 10.2. The van der Waals surface area contributed by atoms with Gasteiger partial charge in [-0.05, 0) is 11.1 Å². The molecule has 0 aliphatic carbocycles.